The summed E-state index contributed by atoms with van der Waals surface area (Å²) in [6.45, 7) is 1.81. The normalized spacial score (nSPS) is 10.4. The molecule has 18 heavy (non-hydrogen) atoms. The zero-order valence-electron chi connectivity index (χ0n) is 9.60. The third-order valence-electron chi connectivity index (χ3n) is 2.59. The Morgan fingerprint density at radius 3 is 2.28 bits per heavy atom. The SMILES string of the molecule is Cc1cccc(Nc2cc(F)c(F)c(F)c2)c1N. The molecule has 0 unspecified atom stereocenters. The molecule has 5 heteroatoms. The van der Waals surface area contributed by atoms with Gasteiger partial charge in [0.25, 0.3) is 0 Å². The van der Waals surface area contributed by atoms with Crippen LogP contribution in [0, 0.1) is 24.4 Å². The van der Waals surface area contributed by atoms with Crippen LogP contribution in [0.5, 0.6) is 0 Å². The molecule has 2 aromatic carbocycles. The summed E-state index contributed by atoms with van der Waals surface area (Å²) in [5, 5.41) is 2.75. The first-order valence-corrected chi connectivity index (χ1v) is 5.25. The van der Waals surface area contributed by atoms with Crippen LogP contribution < -0.4 is 11.1 Å². The van der Waals surface area contributed by atoms with Crippen LogP contribution in [0.25, 0.3) is 0 Å². The van der Waals surface area contributed by atoms with E-state index >= 15 is 0 Å². The summed E-state index contributed by atoms with van der Waals surface area (Å²) in [5.74, 6) is -3.98. The Labute approximate surface area is 102 Å². The molecule has 0 amide bonds. The van der Waals surface area contributed by atoms with Crippen LogP contribution in [0.1, 0.15) is 5.56 Å². The van der Waals surface area contributed by atoms with Gasteiger partial charge in [-0.1, -0.05) is 12.1 Å². The van der Waals surface area contributed by atoms with Crippen molar-refractivity contribution in [2.24, 2.45) is 0 Å². The van der Waals surface area contributed by atoms with Crippen molar-refractivity contribution in [3.8, 4) is 0 Å². The minimum atomic E-state index is -1.49. The van der Waals surface area contributed by atoms with Crippen LogP contribution in [-0.4, -0.2) is 0 Å². The van der Waals surface area contributed by atoms with Gasteiger partial charge in [-0.25, -0.2) is 13.2 Å². The molecule has 0 bridgehead atoms. The molecule has 2 nitrogen and oxygen atoms in total. The molecule has 0 radical (unpaired) electrons. The van der Waals surface area contributed by atoms with Gasteiger partial charge in [-0.05, 0) is 18.6 Å². The van der Waals surface area contributed by atoms with E-state index in [1.807, 2.05) is 13.0 Å². The number of nitrogens with one attached hydrogen (secondary N) is 1. The zero-order chi connectivity index (χ0) is 13.3. The molecule has 0 spiro atoms. The van der Waals surface area contributed by atoms with Gasteiger partial charge in [0.05, 0.1) is 11.4 Å². The minimum absolute atomic E-state index is 0.101. The first-order valence-electron chi connectivity index (χ1n) is 5.25. The molecule has 0 heterocycles. The van der Waals surface area contributed by atoms with Crippen molar-refractivity contribution >= 4 is 17.1 Å². The first-order chi connectivity index (χ1) is 8.49. The Balaban J connectivity index is 2.37. The van der Waals surface area contributed by atoms with E-state index in [1.54, 1.807) is 12.1 Å². The Hall–Kier alpha value is -2.17. The quantitative estimate of drug-likeness (QED) is 0.631. The molecule has 0 saturated heterocycles. The summed E-state index contributed by atoms with van der Waals surface area (Å²) < 4.78 is 38.9. The highest BCUT2D eigenvalue weighted by atomic mass is 19.2. The number of halogens is 3. The molecular formula is C13H11F3N2. The van der Waals surface area contributed by atoms with Crippen LogP contribution in [0.3, 0.4) is 0 Å². The van der Waals surface area contributed by atoms with Crippen molar-refractivity contribution in [2.75, 3.05) is 11.1 Å². The zero-order valence-corrected chi connectivity index (χ0v) is 9.60. The number of benzene rings is 2. The molecule has 0 aliphatic rings. The Kier molecular flexibility index (Phi) is 3.14. The second-order valence-corrected chi connectivity index (χ2v) is 3.92. The molecule has 0 fully saturated rings. The maximum absolute atomic E-state index is 13.0. The van der Waals surface area contributed by atoms with Crippen molar-refractivity contribution < 1.29 is 13.2 Å². The van der Waals surface area contributed by atoms with E-state index in [4.69, 9.17) is 5.73 Å². The summed E-state index contributed by atoms with van der Waals surface area (Å²) >= 11 is 0. The summed E-state index contributed by atoms with van der Waals surface area (Å²) in [5.41, 5.74) is 7.74. The van der Waals surface area contributed by atoms with E-state index in [1.165, 1.54) is 0 Å². The standard InChI is InChI=1S/C13H11F3N2/c1-7-3-2-4-11(13(7)17)18-8-5-9(14)12(16)10(15)6-8/h2-6,18H,17H2,1H3. The smallest absolute Gasteiger partial charge is 0.194 e. The fourth-order valence-corrected chi connectivity index (χ4v) is 1.57. The molecule has 0 aliphatic heterocycles. The number of anilines is 3. The van der Waals surface area contributed by atoms with Gasteiger partial charge in [0, 0.05) is 17.8 Å². The summed E-state index contributed by atoms with van der Waals surface area (Å²) in [7, 11) is 0. The van der Waals surface area contributed by atoms with E-state index in [0.717, 1.165) is 17.7 Å². The minimum Gasteiger partial charge on any atom is -0.397 e. The van der Waals surface area contributed by atoms with Gasteiger partial charge >= 0.3 is 0 Å². The highest BCUT2D eigenvalue weighted by molar-refractivity contribution is 5.74. The second-order valence-electron chi connectivity index (χ2n) is 3.92. The molecular weight excluding hydrogens is 241 g/mol. The number of rotatable bonds is 2. The van der Waals surface area contributed by atoms with Crippen molar-refractivity contribution in [2.45, 2.75) is 6.92 Å². The highest BCUT2D eigenvalue weighted by Crippen LogP contribution is 2.27. The average Bonchev–Trinajstić information content (AvgIpc) is 2.32. The van der Waals surface area contributed by atoms with Crippen molar-refractivity contribution in [3.05, 3.63) is 53.3 Å². The van der Waals surface area contributed by atoms with E-state index in [2.05, 4.69) is 5.32 Å². The maximum atomic E-state index is 13.0. The van der Waals surface area contributed by atoms with Gasteiger partial charge in [0.2, 0.25) is 0 Å². The second kappa shape index (κ2) is 4.60. The van der Waals surface area contributed by atoms with E-state index in [0.29, 0.717) is 11.4 Å². The fraction of sp³-hybridized carbons (Fsp3) is 0.0769. The van der Waals surface area contributed by atoms with Gasteiger partial charge in [0.1, 0.15) is 0 Å². The van der Waals surface area contributed by atoms with Crippen molar-refractivity contribution in [3.63, 3.8) is 0 Å². The van der Waals surface area contributed by atoms with Crippen LogP contribution >= 0.6 is 0 Å². The first kappa shape index (κ1) is 12.3. The molecule has 0 atom stereocenters. The number of nitrogen functional groups attached to an aromatic ring is 1. The monoisotopic (exact) mass is 252 g/mol. The predicted molar refractivity (Wildman–Crippen MR) is 65.2 cm³/mol. The number of aryl methyl sites for hydroxylation is 1. The molecule has 0 saturated carbocycles. The number of hydrogen-bond donors (Lipinski definition) is 2. The Bertz CT molecular complexity index is 574. The van der Waals surface area contributed by atoms with Crippen molar-refractivity contribution in [1.29, 1.82) is 0 Å². The van der Waals surface area contributed by atoms with Crippen LogP contribution in [0.2, 0.25) is 0 Å². The highest BCUT2D eigenvalue weighted by Gasteiger charge is 2.11. The largest absolute Gasteiger partial charge is 0.397 e. The van der Waals surface area contributed by atoms with E-state index in [-0.39, 0.29) is 5.69 Å². The van der Waals surface area contributed by atoms with Gasteiger partial charge in [-0.15, -0.1) is 0 Å². The number of para-hydroxylation sites is 1. The molecule has 0 aromatic heterocycles. The third-order valence-corrected chi connectivity index (χ3v) is 2.59. The Morgan fingerprint density at radius 1 is 1.06 bits per heavy atom. The predicted octanol–water partition coefficient (Wildman–Crippen LogP) is 3.74. The third kappa shape index (κ3) is 2.25. The van der Waals surface area contributed by atoms with Gasteiger partial charge in [-0.2, -0.15) is 0 Å². The van der Waals surface area contributed by atoms with Crippen LogP contribution in [-0.2, 0) is 0 Å². The lowest BCUT2D eigenvalue weighted by Gasteiger charge is -2.11. The van der Waals surface area contributed by atoms with Crippen LogP contribution in [0.4, 0.5) is 30.2 Å². The summed E-state index contributed by atoms with van der Waals surface area (Å²) in [6, 6.07) is 6.98. The van der Waals surface area contributed by atoms with E-state index in [9.17, 15) is 13.2 Å². The molecule has 94 valence electrons. The average molecular weight is 252 g/mol. The molecule has 3 N–H and O–H groups in total. The summed E-state index contributed by atoms with van der Waals surface area (Å²) in [6.07, 6.45) is 0. The van der Waals surface area contributed by atoms with Crippen molar-refractivity contribution in [1.82, 2.24) is 0 Å². The number of hydrogen-bond acceptors (Lipinski definition) is 2. The van der Waals surface area contributed by atoms with Gasteiger partial charge in [0.15, 0.2) is 17.5 Å². The molecule has 0 aliphatic carbocycles. The van der Waals surface area contributed by atoms with E-state index < -0.39 is 17.5 Å². The van der Waals surface area contributed by atoms with Gasteiger partial charge < -0.3 is 11.1 Å². The summed E-state index contributed by atoms with van der Waals surface area (Å²) in [4.78, 5) is 0. The Morgan fingerprint density at radius 2 is 1.67 bits per heavy atom. The lowest BCUT2D eigenvalue weighted by atomic mass is 10.1. The molecule has 2 rings (SSSR count). The fourth-order valence-electron chi connectivity index (χ4n) is 1.57. The maximum Gasteiger partial charge on any atom is 0.194 e. The van der Waals surface area contributed by atoms with Crippen LogP contribution in [0.15, 0.2) is 30.3 Å². The lowest BCUT2D eigenvalue weighted by molar-refractivity contribution is 0.448. The molecule has 2 aromatic rings. The lowest BCUT2D eigenvalue weighted by Crippen LogP contribution is -2.00. The van der Waals surface area contributed by atoms with Gasteiger partial charge in [-0.3, -0.25) is 0 Å². The number of nitrogens with two attached hydrogens (primary N) is 1. The topological polar surface area (TPSA) is 38.0 Å².